The highest BCUT2D eigenvalue weighted by Gasteiger charge is 2.48. The van der Waals surface area contributed by atoms with Crippen LogP contribution in [0.5, 0.6) is 0 Å². The lowest BCUT2D eigenvalue weighted by molar-refractivity contribution is -0.149. The van der Waals surface area contributed by atoms with Gasteiger partial charge in [-0.15, -0.1) is 0 Å². The molecule has 2 bridgehead atoms. The number of nitrogens with two attached hydrogens (primary N) is 1. The van der Waals surface area contributed by atoms with E-state index in [2.05, 4.69) is 25.8 Å². The molecule has 1 aromatic carbocycles. The second-order valence-corrected chi connectivity index (χ2v) is 17.1. The monoisotopic (exact) mass is 755 g/mol. The van der Waals surface area contributed by atoms with E-state index in [-0.39, 0.29) is 85.1 Å². The maximum atomic E-state index is 14.4. The highest BCUT2D eigenvalue weighted by Crippen LogP contribution is 2.42. The van der Waals surface area contributed by atoms with Gasteiger partial charge in [-0.25, -0.2) is 0 Å². The Hall–Kier alpha value is -2.86. The van der Waals surface area contributed by atoms with Crippen molar-refractivity contribution in [2.24, 2.45) is 35.5 Å². The van der Waals surface area contributed by atoms with Crippen LogP contribution in [0.15, 0.2) is 24.3 Å². The van der Waals surface area contributed by atoms with Crippen LogP contribution < -0.4 is 5.73 Å². The van der Waals surface area contributed by atoms with Crippen molar-refractivity contribution in [1.82, 2.24) is 14.7 Å². The van der Waals surface area contributed by atoms with E-state index in [1.807, 2.05) is 49.9 Å². The molecule has 1 aliphatic carbocycles. The number of Topliss-reactive ketones (excluding diaryl/α,β-unsaturated/α-hetero) is 2. The van der Waals surface area contributed by atoms with Crippen LogP contribution >= 0.6 is 0 Å². The van der Waals surface area contributed by atoms with Crippen molar-refractivity contribution in [2.45, 2.75) is 135 Å². The van der Waals surface area contributed by atoms with Gasteiger partial charge in [0.05, 0.1) is 36.8 Å². The van der Waals surface area contributed by atoms with Crippen molar-refractivity contribution < 1.29 is 33.8 Å². The minimum atomic E-state index is -0.569. The molecule has 0 aromatic heterocycles. The Bertz CT molecular complexity index is 1420. The zero-order valence-corrected chi connectivity index (χ0v) is 34.5. The fraction of sp³-hybridized carbons (Fsp3) is 0.767. The predicted molar refractivity (Wildman–Crippen MR) is 212 cm³/mol. The molecule has 3 aliphatic rings. The number of ether oxygens (including phenoxy) is 2. The van der Waals surface area contributed by atoms with E-state index >= 15 is 0 Å². The summed E-state index contributed by atoms with van der Waals surface area (Å²) in [5.74, 6) is -0.844. The van der Waals surface area contributed by atoms with Gasteiger partial charge >= 0.3 is 0 Å². The lowest BCUT2D eigenvalue weighted by atomic mass is 9.83. The third-order valence-electron chi connectivity index (χ3n) is 13.4. The summed E-state index contributed by atoms with van der Waals surface area (Å²) < 4.78 is 12.1. The zero-order chi connectivity index (χ0) is 39.9. The van der Waals surface area contributed by atoms with Gasteiger partial charge in [-0.3, -0.25) is 24.1 Å². The van der Waals surface area contributed by atoms with Gasteiger partial charge in [-0.05, 0) is 86.9 Å². The molecule has 2 heterocycles. The van der Waals surface area contributed by atoms with Gasteiger partial charge in [0.15, 0.2) is 5.78 Å². The first-order valence-electron chi connectivity index (χ1n) is 20.5. The van der Waals surface area contributed by atoms with Gasteiger partial charge < -0.3 is 30.1 Å². The number of ketones is 2. The molecular formula is C43H70N4O7. The number of nitrogen functional groups attached to an aromatic ring is 1. The second kappa shape index (κ2) is 19.8. The zero-order valence-electron chi connectivity index (χ0n) is 34.5. The number of carbonyl (C=O) groups is 4. The van der Waals surface area contributed by atoms with Crippen molar-refractivity contribution in [1.29, 1.82) is 0 Å². The molecule has 304 valence electrons. The summed E-state index contributed by atoms with van der Waals surface area (Å²) in [5.41, 5.74) is 7.56. The van der Waals surface area contributed by atoms with E-state index in [1.165, 1.54) is 0 Å². The predicted octanol–water partition coefficient (Wildman–Crippen LogP) is 5.01. The first-order valence-corrected chi connectivity index (χ1v) is 20.5. The fourth-order valence-electron chi connectivity index (χ4n) is 9.97. The standard InChI is InChI=1S/C43H70N4O7/c1-10-27(4)40(46(7)43(52)34(26(2)3)23-37(50)41-31-16-17-33(22-31)45(41)6)38(53-8)24-39(51)47-18-12-15-35(47)42(54-9)28(5)36(49)21-30(25-48)19-29-13-11-14-32(44)20-29/h11,13-14,20,26-28,30-31,33-35,38,40-42,48H,10,12,15-19,21-25,44H2,1-9H3/t27-,28-,30+,31-,33+,34-,35-,38+,40-,41-,42+/m0/s1. The number of carbonyl (C=O) groups excluding carboxylic acids is 4. The number of methoxy groups -OCH3 is 2. The molecule has 4 rings (SSSR count). The Balaban J connectivity index is 1.44. The molecule has 11 heteroatoms. The summed E-state index contributed by atoms with van der Waals surface area (Å²) in [6.07, 6.45) is 5.51. The minimum absolute atomic E-state index is 0.0129. The molecule has 3 N–H and O–H groups in total. The van der Waals surface area contributed by atoms with Crippen molar-refractivity contribution in [3.63, 3.8) is 0 Å². The largest absolute Gasteiger partial charge is 0.399 e. The van der Waals surface area contributed by atoms with Crippen molar-refractivity contribution >= 4 is 29.1 Å². The molecule has 54 heavy (non-hydrogen) atoms. The third kappa shape index (κ3) is 10.1. The summed E-state index contributed by atoms with van der Waals surface area (Å²) in [5, 5.41) is 10.1. The average molecular weight is 755 g/mol. The van der Waals surface area contributed by atoms with Gasteiger partial charge in [-0.1, -0.05) is 53.2 Å². The highest BCUT2D eigenvalue weighted by atomic mass is 16.5. The van der Waals surface area contributed by atoms with E-state index in [9.17, 15) is 24.3 Å². The lowest BCUT2D eigenvalue weighted by Gasteiger charge is -2.41. The summed E-state index contributed by atoms with van der Waals surface area (Å²) in [7, 11) is 7.05. The van der Waals surface area contributed by atoms with Crippen LogP contribution in [0.25, 0.3) is 0 Å². The molecule has 2 saturated heterocycles. The molecule has 0 unspecified atom stereocenters. The molecule has 1 aromatic rings. The van der Waals surface area contributed by atoms with Gasteiger partial charge in [0, 0.05) is 70.8 Å². The number of aliphatic hydroxyl groups excluding tert-OH is 1. The Labute approximate surface area is 324 Å². The molecule has 2 aliphatic heterocycles. The number of benzene rings is 1. The quantitative estimate of drug-likeness (QED) is 0.166. The number of anilines is 1. The number of rotatable bonds is 21. The Morgan fingerprint density at radius 3 is 2.31 bits per heavy atom. The van der Waals surface area contributed by atoms with Crippen molar-refractivity contribution in [2.75, 3.05) is 47.2 Å². The number of nitrogens with zero attached hydrogens (tertiary/aromatic N) is 3. The normalized spacial score (nSPS) is 25.3. The smallest absolute Gasteiger partial charge is 0.226 e. The van der Waals surface area contributed by atoms with E-state index in [4.69, 9.17) is 15.2 Å². The van der Waals surface area contributed by atoms with Crippen LogP contribution in [0.1, 0.15) is 98.0 Å². The van der Waals surface area contributed by atoms with Crippen LogP contribution in [-0.4, -0.2) is 121 Å². The van der Waals surface area contributed by atoms with Gasteiger partial charge in [0.2, 0.25) is 11.8 Å². The highest BCUT2D eigenvalue weighted by molar-refractivity contribution is 5.90. The number of hydrogen-bond donors (Lipinski definition) is 2. The maximum Gasteiger partial charge on any atom is 0.226 e. The molecule has 11 atom stereocenters. The number of amides is 2. The molecule has 1 saturated carbocycles. The van der Waals surface area contributed by atoms with Crippen molar-refractivity contribution in [3.8, 4) is 0 Å². The summed E-state index contributed by atoms with van der Waals surface area (Å²) in [6, 6.07) is 7.19. The van der Waals surface area contributed by atoms with Gasteiger partial charge in [0.1, 0.15) is 5.78 Å². The van der Waals surface area contributed by atoms with Crippen molar-refractivity contribution in [3.05, 3.63) is 29.8 Å². The number of fused-ring (bicyclic) bond motifs is 2. The maximum absolute atomic E-state index is 14.4. The van der Waals surface area contributed by atoms with Gasteiger partial charge in [-0.2, -0.15) is 0 Å². The Kier molecular flexibility index (Phi) is 16.1. The van der Waals surface area contributed by atoms with Crippen LogP contribution in [0.4, 0.5) is 5.69 Å². The lowest BCUT2D eigenvalue weighted by Crippen LogP contribution is -2.54. The van der Waals surface area contributed by atoms with E-state index in [1.54, 1.807) is 26.2 Å². The third-order valence-corrected chi connectivity index (χ3v) is 13.4. The molecule has 0 radical (unpaired) electrons. The number of hydrogen-bond acceptors (Lipinski definition) is 9. The Morgan fingerprint density at radius 1 is 1.02 bits per heavy atom. The number of likely N-dealkylation sites (tertiary alicyclic amines) is 2. The number of aliphatic hydroxyl groups is 1. The fourth-order valence-corrected chi connectivity index (χ4v) is 9.97. The topological polar surface area (TPSA) is 143 Å². The molecule has 3 fully saturated rings. The van der Waals surface area contributed by atoms with E-state index in [0.29, 0.717) is 37.0 Å². The first-order chi connectivity index (χ1) is 25.7. The molecule has 2 amide bonds. The minimum Gasteiger partial charge on any atom is -0.399 e. The van der Waals surface area contributed by atoms with Crippen LogP contribution in [0.3, 0.4) is 0 Å². The summed E-state index contributed by atoms with van der Waals surface area (Å²) >= 11 is 0. The van der Waals surface area contributed by atoms with Crippen LogP contribution in [0, 0.1) is 35.5 Å². The van der Waals surface area contributed by atoms with Crippen LogP contribution in [0.2, 0.25) is 0 Å². The second-order valence-electron chi connectivity index (χ2n) is 17.1. The molecular weight excluding hydrogens is 684 g/mol. The Morgan fingerprint density at radius 2 is 1.74 bits per heavy atom. The molecule has 11 nitrogen and oxygen atoms in total. The SMILES string of the molecule is CC[C@H](C)[C@@H]([C@@H](CC(=O)N1CCC[C@H]1[C@H](OC)[C@@H](C)C(=O)C[C@H](CO)Cc1cccc(N)c1)OC)N(C)C(=O)[C@@H](CC(=O)[C@@H]1[C@H]2CC[C@H](C2)N1C)C(C)C. The van der Waals surface area contributed by atoms with Crippen LogP contribution in [-0.2, 0) is 35.1 Å². The van der Waals surface area contributed by atoms with E-state index < -0.39 is 24.0 Å². The molecule has 0 spiro atoms. The van der Waals surface area contributed by atoms with E-state index in [0.717, 1.165) is 37.7 Å². The first kappa shape index (κ1) is 43.9. The van der Waals surface area contributed by atoms with Gasteiger partial charge in [0.25, 0.3) is 0 Å². The number of likely N-dealkylation sites (N-methyl/N-ethyl adjacent to an activating group) is 2. The average Bonchev–Trinajstić information content (AvgIpc) is 3.90. The number of piperidine rings is 1. The summed E-state index contributed by atoms with van der Waals surface area (Å²) in [4.78, 5) is 61.9. The summed E-state index contributed by atoms with van der Waals surface area (Å²) in [6.45, 7) is 10.5.